The molecule has 35 heavy (non-hydrogen) atoms. The van der Waals surface area contributed by atoms with Crippen LogP contribution in [0.1, 0.15) is 42.6 Å². The molecule has 2 N–H and O–H groups in total. The van der Waals surface area contributed by atoms with Crippen LogP contribution >= 0.6 is 0 Å². The van der Waals surface area contributed by atoms with Crippen LogP contribution in [0, 0.1) is 5.92 Å². The van der Waals surface area contributed by atoms with Gasteiger partial charge in [-0.15, -0.1) is 0 Å². The molecule has 0 aliphatic heterocycles. The van der Waals surface area contributed by atoms with Gasteiger partial charge >= 0.3 is 0 Å². The summed E-state index contributed by atoms with van der Waals surface area (Å²) in [7, 11) is 1.61. The molecule has 0 saturated carbocycles. The minimum absolute atomic E-state index is 0.000302. The van der Waals surface area contributed by atoms with Gasteiger partial charge in [0, 0.05) is 37.3 Å². The Morgan fingerprint density at radius 3 is 2.97 bits per heavy atom. The Morgan fingerprint density at radius 1 is 1.34 bits per heavy atom. The Labute approximate surface area is 204 Å². The van der Waals surface area contributed by atoms with Gasteiger partial charge in [-0.05, 0) is 36.1 Å². The summed E-state index contributed by atoms with van der Waals surface area (Å²) in [5, 5.41) is 21.5. The maximum absolute atomic E-state index is 13.2. The number of anilines is 1. The van der Waals surface area contributed by atoms with Crippen LogP contribution < -0.4 is 10.1 Å². The van der Waals surface area contributed by atoms with E-state index in [1.54, 1.807) is 41.0 Å². The van der Waals surface area contributed by atoms with Crippen LogP contribution in [0.15, 0.2) is 55.1 Å². The number of methoxy groups -OCH3 is 1. The molecule has 1 amide bonds. The number of rotatable bonds is 10. The number of nitrogens with zero attached hydrogens (tertiary/aromatic N) is 5. The molecule has 1 unspecified atom stereocenters. The molecule has 4 rings (SSSR count). The first-order valence-corrected chi connectivity index (χ1v) is 11.7. The fraction of sp³-hybridized carbons (Fsp3) is 0.308. The number of hydrogen-bond acceptors (Lipinski definition) is 6. The van der Waals surface area contributed by atoms with Gasteiger partial charge in [0.15, 0.2) is 5.65 Å². The van der Waals surface area contributed by atoms with E-state index in [4.69, 9.17) is 9.84 Å². The highest BCUT2D eigenvalue weighted by molar-refractivity contribution is 6.09. The van der Waals surface area contributed by atoms with Crippen molar-refractivity contribution in [3.05, 3.63) is 66.3 Å². The zero-order valence-electron chi connectivity index (χ0n) is 20.2. The topological polar surface area (TPSA) is 107 Å². The number of aromatic nitrogens is 5. The third-order valence-corrected chi connectivity index (χ3v) is 5.59. The van der Waals surface area contributed by atoms with Gasteiger partial charge in [0.25, 0.3) is 5.91 Å². The average Bonchev–Trinajstić information content (AvgIpc) is 3.48. The molecular weight excluding hydrogens is 444 g/mol. The SMILES string of the molecule is CCCC=Cc1ccc(OC)c(-c2nn(CC(C)CO)cc2NC(=O)c2cnn3cccnc23)c1. The molecule has 9 nitrogen and oxygen atoms in total. The van der Waals surface area contributed by atoms with E-state index in [0.717, 1.165) is 24.0 Å². The first-order chi connectivity index (χ1) is 17.0. The molecule has 0 bridgehead atoms. The number of hydrogen-bond donors (Lipinski definition) is 2. The fourth-order valence-electron chi connectivity index (χ4n) is 3.76. The summed E-state index contributed by atoms with van der Waals surface area (Å²) in [5.74, 6) is 0.305. The third-order valence-electron chi connectivity index (χ3n) is 5.59. The Bertz CT molecular complexity index is 1340. The Kier molecular flexibility index (Phi) is 7.57. The summed E-state index contributed by atoms with van der Waals surface area (Å²) in [6.07, 6.45) is 12.9. The Balaban J connectivity index is 1.75. The molecule has 0 radical (unpaired) electrons. The van der Waals surface area contributed by atoms with Gasteiger partial charge in [-0.1, -0.05) is 38.5 Å². The summed E-state index contributed by atoms with van der Waals surface area (Å²) >= 11 is 0. The van der Waals surface area contributed by atoms with Crippen molar-refractivity contribution in [3.8, 4) is 17.0 Å². The van der Waals surface area contributed by atoms with Crippen molar-refractivity contribution < 1.29 is 14.6 Å². The molecule has 0 fully saturated rings. The lowest BCUT2D eigenvalue weighted by atomic mass is 10.0. The molecule has 0 aliphatic carbocycles. The molecular formula is C26H30N6O3. The summed E-state index contributed by atoms with van der Waals surface area (Å²) in [4.78, 5) is 17.5. The van der Waals surface area contributed by atoms with Crippen LogP contribution in [-0.4, -0.2) is 49.1 Å². The van der Waals surface area contributed by atoms with Crippen molar-refractivity contribution in [2.45, 2.75) is 33.2 Å². The van der Waals surface area contributed by atoms with E-state index in [1.165, 1.54) is 6.20 Å². The van der Waals surface area contributed by atoms with Gasteiger partial charge in [-0.2, -0.15) is 10.2 Å². The first kappa shape index (κ1) is 24.2. The van der Waals surface area contributed by atoms with E-state index in [2.05, 4.69) is 34.5 Å². The number of carbonyl (C=O) groups excluding carboxylic acids is 1. The van der Waals surface area contributed by atoms with E-state index in [0.29, 0.717) is 34.9 Å². The second kappa shape index (κ2) is 11.0. The van der Waals surface area contributed by atoms with E-state index in [9.17, 15) is 9.90 Å². The zero-order chi connectivity index (χ0) is 24.8. The second-order valence-corrected chi connectivity index (χ2v) is 8.45. The normalized spacial score (nSPS) is 12.3. The van der Waals surface area contributed by atoms with Gasteiger partial charge in [-0.3, -0.25) is 9.48 Å². The van der Waals surface area contributed by atoms with Crippen LogP contribution in [0.5, 0.6) is 5.75 Å². The molecule has 4 aromatic rings. The number of ether oxygens (including phenoxy) is 1. The summed E-state index contributed by atoms with van der Waals surface area (Å²) in [6.45, 7) is 4.60. The van der Waals surface area contributed by atoms with Crippen LogP contribution in [0.4, 0.5) is 5.69 Å². The lowest BCUT2D eigenvalue weighted by Gasteiger charge is -2.10. The van der Waals surface area contributed by atoms with Crippen LogP contribution in [0.25, 0.3) is 23.0 Å². The second-order valence-electron chi connectivity index (χ2n) is 8.45. The van der Waals surface area contributed by atoms with E-state index in [-0.39, 0.29) is 18.4 Å². The molecule has 0 spiro atoms. The van der Waals surface area contributed by atoms with Crippen molar-refractivity contribution in [2.75, 3.05) is 19.0 Å². The molecule has 0 saturated heterocycles. The van der Waals surface area contributed by atoms with E-state index < -0.39 is 0 Å². The molecule has 1 aromatic carbocycles. The number of unbranched alkanes of at least 4 members (excludes halogenated alkanes) is 1. The van der Waals surface area contributed by atoms with Gasteiger partial charge in [0.05, 0.1) is 19.0 Å². The van der Waals surface area contributed by atoms with Gasteiger partial charge in [0.2, 0.25) is 0 Å². The first-order valence-electron chi connectivity index (χ1n) is 11.7. The van der Waals surface area contributed by atoms with Gasteiger partial charge < -0.3 is 15.2 Å². The van der Waals surface area contributed by atoms with Gasteiger partial charge in [0.1, 0.15) is 17.0 Å². The highest BCUT2D eigenvalue weighted by Gasteiger charge is 2.21. The van der Waals surface area contributed by atoms with Crippen LogP contribution in [0.3, 0.4) is 0 Å². The predicted octanol–water partition coefficient (Wildman–Crippen LogP) is 4.30. The average molecular weight is 475 g/mol. The molecule has 0 aliphatic rings. The molecule has 9 heteroatoms. The summed E-state index contributed by atoms with van der Waals surface area (Å²) in [5.41, 5.74) is 3.70. The minimum atomic E-state index is -0.340. The van der Waals surface area contributed by atoms with Crippen molar-refractivity contribution in [2.24, 2.45) is 5.92 Å². The number of benzene rings is 1. The smallest absolute Gasteiger partial charge is 0.261 e. The van der Waals surface area contributed by atoms with Crippen molar-refractivity contribution in [1.82, 2.24) is 24.4 Å². The number of allylic oxidation sites excluding steroid dienone is 1. The van der Waals surface area contributed by atoms with E-state index in [1.807, 2.05) is 25.1 Å². The Morgan fingerprint density at radius 2 is 2.20 bits per heavy atom. The van der Waals surface area contributed by atoms with E-state index >= 15 is 0 Å². The lowest BCUT2D eigenvalue weighted by Crippen LogP contribution is -2.13. The summed E-state index contributed by atoms with van der Waals surface area (Å²) in [6, 6.07) is 7.64. The quantitative estimate of drug-likeness (QED) is 0.355. The van der Waals surface area contributed by atoms with Crippen molar-refractivity contribution in [3.63, 3.8) is 0 Å². The molecule has 3 aromatic heterocycles. The van der Waals surface area contributed by atoms with Crippen molar-refractivity contribution in [1.29, 1.82) is 0 Å². The maximum Gasteiger partial charge on any atom is 0.261 e. The Hall–Kier alpha value is -3.98. The van der Waals surface area contributed by atoms with Crippen LogP contribution in [0.2, 0.25) is 0 Å². The number of nitrogens with one attached hydrogen (secondary N) is 1. The fourth-order valence-corrected chi connectivity index (χ4v) is 3.76. The molecule has 182 valence electrons. The number of aliphatic hydroxyl groups excluding tert-OH is 1. The third kappa shape index (κ3) is 5.41. The monoisotopic (exact) mass is 474 g/mol. The predicted molar refractivity (Wildman–Crippen MR) is 135 cm³/mol. The standard InChI is InChI=1S/C26H30N6O3/c1-4-5-6-8-19-9-10-23(35-3)20(13-19)24-22(16-31(30-24)15-18(2)17-33)29-26(34)21-14-28-32-12-7-11-27-25(21)32/h6-14,16,18,33H,4-5,15,17H2,1-3H3,(H,29,34). The number of fused-ring (bicyclic) bond motifs is 1. The van der Waals surface area contributed by atoms with Gasteiger partial charge in [-0.25, -0.2) is 9.50 Å². The highest BCUT2D eigenvalue weighted by atomic mass is 16.5. The largest absolute Gasteiger partial charge is 0.496 e. The lowest BCUT2D eigenvalue weighted by molar-refractivity contribution is 0.102. The maximum atomic E-state index is 13.2. The minimum Gasteiger partial charge on any atom is -0.496 e. The highest BCUT2D eigenvalue weighted by Crippen LogP contribution is 2.35. The van der Waals surface area contributed by atoms with Crippen molar-refractivity contribution >= 4 is 23.3 Å². The zero-order valence-corrected chi connectivity index (χ0v) is 20.2. The molecule has 1 atom stereocenters. The molecule has 3 heterocycles. The number of aliphatic hydroxyl groups is 1. The van der Waals surface area contributed by atoms with Crippen LogP contribution in [-0.2, 0) is 6.54 Å². The number of carbonyl (C=O) groups is 1. The number of amides is 1. The summed E-state index contributed by atoms with van der Waals surface area (Å²) < 4.78 is 8.92.